The summed E-state index contributed by atoms with van der Waals surface area (Å²) in [5, 5.41) is 0. The summed E-state index contributed by atoms with van der Waals surface area (Å²) in [5.74, 6) is 2.57. The largest absolute Gasteiger partial charge is 0.493 e. The minimum atomic E-state index is 0.742. The van der Waals surface area contributed by atoms with Gasteiger partial charge in [0, 0.05) is 43.8 Å². The number of aromatic nitrogens is 1. The lowest BCUT2D eigenvalue weighted by atomic mass is 10.1. The van der Waals surface area contributed by atoms with Crippen LogP contribution in [0.5, 0.6) is 11.5 Å². The number of rotatable bonds is 7. The van der Waals surface area contributed by atoms with E-state index in [1.54, 1.807) is 7.11 Å². The van der Waals surface area contributed by atoms with E-state index in [-0.39, 0.29) is 0 Å². The van der Waals surface area contributed by atoms with E-state index in [1.165, 1.54) is 23.2 Å². The highest BCUT2D eigenvalue weighted by Crippen LogP contribution is 2.33. The van der Waals surface area contributed by atoms with Gasteiger partial charge in [0.1, 0.15) is 5.82 Å². The topological polar surface area (TPSA) is 37.8 Å². The van der Waals surface area contributed by atoms with Crippen LogP contribution in [-0.4, -0.2) is 43.2 Å². The van der Waals surface area contributed by atoms with Crippen molar-refractivity contribution in [1.29, 1.82) is 0 Å². The Morgan fingerprint density at radius 2 is 1.73 bits per heavy atom. The number of benzene rings is 2. The second-order valence-electron chi connectivity index (χ2n) is 7.42. The number of ether oxygens (including phenoxy) is 1. The maximum Gasteiger partial charge on any atom is 0.179 e. The van der Waals surface area contributed by atoms with Crippen LogP contribution in [0.2, 0.25) is 0 Å². The van der Waals surface area contributed by atoms with E-state index in [4.69, 9.17) is 8.92 Å². The Labute approximate surface area is 182 Å². The summed E-state index contributed by atoms with van der Waals surface area (Å²) in [6.07, 6.45) is 1.86. The standard InChI is InChI=1S/C24H27N3O2S/c1-19-6-9-21(10-7-19)30-29-22-11-8-20(17-23(22)28-2)18-26-13-15-27(16-14-26)24-5-3-4-12-25-24/h3-12,17H,13-16,18H2,1-2H3. The minimum Gasteiger partial charge on any atom is -0.493 e. The van der Waals surface area contributed by atoms with Crippen molar-refractivity contribution in [3.8, 4) is 11.5 Å². The Kier molecular flexibility index (Phi) is 6.77. The molecule has 0 aliphatic carbocycles. The highest BCUT2D eigenvalue weighted by molar-refractivity contribution is 7.95. The van der Waals surface area contributed by atoms with Gasteiger partial charge in [-0.3, -0.25) is 4.90 Å². The van der Waals surface area contributed by atoms with Gasteiger partial charge in [0.25, 0.3) is 0 Å². The normalized spacial score (nSPS) is 14.5. The molecule has 0 spiro atoms. The third kappa shape index (κ3) is 5.26. The van der Waals surface area contributed by atoms with E-state index < -0.39 is 0 Å². The molecule has 0 unspecified atom stereocenters. The van der Waals surface area contributed by atoms with Gasteiger partial charge in [-0.25, -0.2) is 4.98 Å². The fraction of sp³-hybridized carbons (Fsp3) is 0.292. The third-order valence-corrected chi connectivity index (χ3v) is 5.96. The number of hydrogen-bond acceptors (Lipinski definition) is 6. The van der Waals surface area contributed by atoms with E-state index >= 15 is 0 Å². The molecule has 3 aromatic rings. The maximum absolute atomic E-state index is 5.93. The molecule has 1 fully saturated rings. The third-order valence-electron chi connectivity index (χ3n) is 5.23. The second-order valence-corrected chi connectivity index (χ2v) is 8.22. The van der Waals surface area contributed by atoms with Crippen molar-refractivity contribution < 1.29 is 8.92 Å². The van der Waals surface area contributed by atoms with Crippen LogP contribution in [0.4, 0.5) is 5.82 Å². The average Bonchev–Trinajstić information content (AvgIpc) is 2.80. The first-order valence-electron chi connectivity index (χ1n) is 10.2. The molecule has 0 N–H and O–H groups in total. The van der Waals surface area contributed by atoms with Crippen LogP contribution in [0.3, 0.4) is 0 Å². The van der Waals surface area contributed by atoms with Crippen molar-refractivity contribution in [3.63, 3.8) is 0 Å². The summed E-state index contributed by atoms with van der Waals surface area (Å²) in [7, 11) is 1.69. The van der Waals surface area contributed by atoms with Crippen LogP contribution in [0.1, 0.15) is 11.1 Å². The summed E-state index contributed by atoms with van der Waals surface area (Å²) in [4.78, 5) is 10.3. The molecule has 1 aliphatic heterocycles. The molecular formula is C24H27N3O2S. The molecule has 5 nitrogen and oxygen atoms in total. The van der Waals surface area contributed by atoms with Gasteiger partial charge in [0.2, 0.25) is 0 Å². The number of aryl methyl sites for hydroxylation is 1. The van der Waals surface area contributed by atoms with Crippen LogP contribution in [0.25, 0.3) is 0 Å². The summed E-state index contributed by atoms with van der Waals surface area (Å²) in [5.41, 5.74) is 2.47. The Morgan fingerprint density at radius 1 is 0.933 bits per heavy atom. The zero-order valence-corrected chi connectivity index (χ0v) is 18.3. The number of piperazine rings is 1. The number of anilines is 1. The van der Waals surface area contributed by atoms with Gasteiger partial charge >= 0.3 is 0 Å². The molecule has 6 heteroatoms. The first kappa shape index (κ1) is 20.6. The smallest absolute Gasteiger partial charge is 0.179 e. The first-order valence-corrected chi connectivity index (χ1v) is 10.9. The lowest BCUT2D eigenvalue weighted by molar-refractivity contribution is 0.249. The monoisotopic (exact) mass is 421 g/mol. The van der Waals surface area contributed by atoms with Crippen molar-refractivity contribution in [2.75, 3.05) is 38.2 Å². The SMILES string of the molecule is COc1cc(CN2CCN(c3ccccn3)CC2)ccc1OSc1ccc(C)cc1. The van der Waals surface area contributed by atoms with Gasteiger partial charge in [0.05, 0.1) is 19.2 Å². The Hall–Kier alpha value is -2.70. The summed E-state index contributed by atoms with van der Waals surface area (Å²) in [6.45, 7) is 6.99. The first-order chi connectivity index (χ1) is 14.7. The van der Waals surface area contributed by atoms with Crippen LogP contribution in [0.15, 0.2) is 71.8 Å². The maximum atomic E-state index is 5.93. The molecule has 0 saturated carbocycles. The molecule has 0 amide bonds. The molecule has 0 radical (unpaired) electrons. The lowest BCUT2D eigenvalue weighted by Crippen LogP contribution is -2.46. The van der Waals surface area contributed by atoms with Crippen molar-refractivity contribution in [2.24, 2.45) is 0 Å². The molecule has 0 bridgehead atoms. The van der Waals surface area contributed by atoms with E-state index in [2.05, 4.69) is 64.2 Å². The fourth-order valence-electron chi connectivity index (χ4n) is 3.50. The van der Waals surface area contributed by atoms with E-state index in [0.29, 0.717) is 0 Å². The molecule has 1 aromatic heterocycles. The van der Waals surface area contributed by atoms with Crippen molar-refractivity contribution >= 4 is 17.9 Å². The van der Waals surface area contributed by atoms with E-state index in [0.717, 1.165) is 54.9 Å². The number of pyridine rings is 1. The Bertz CT molecular complexity index is 942. The zero-order valence-electron chi connectivity index (χ0n) is 17.5. The van der Waals surface area contributed by atoms with Crippen LogP contribution >= 0.6 is 12.0 Å². The number of methoxy groups -OCH3 is 1. The highest BCUT2D eigenvalue weighted by Gasteiger charge is 2.18. The van der Waals surface area contributed by atoms with Crippen LogP contribution in [0, 0.1) is 6.92 Å². The quantitative estimate of drug-likeness (QED) is 0.510. The average molecular weight is 422 g/mol. The highest BCUT2D eigenvalue weighted by atomic mass is 32.2. The molecule has 30 heavy (non-hydrogen) atoms. The molecule has 0 atom stereocenters. The zero-order chi connectivity index (χ0) is 20.8. The van der Waals surface area contributed by atoms with Crippen molar-refractivity contribution in [3.05, 3.63) is 78.0 Å². The summed E-state index contributed by atoms with van der Waals surface area (Å²) >= 11 is 1.35. The van der Waals surface area contributed by atoms with Crippen LogP contribution < -0.4 is 13.8 Å². The lowest BCUT2D eigenvalue weighted by Gasteiger charge is -2.35. The van der Waals surface area contributed by atoms with E-state index in [1.807, 2.05) is 24.4 Å². The second kappa shape index (κ2) is 9.87. The van der Waals surface area contributed by atoms with Crippen molar-refractivity contribution in [2.45, 2.75) is 18.4 Å². The van der Waals surface area contributed by atoms with Gasteiger partial charge < -0.3 is 13.8 Å². The van der Waals surface area contributed by atoms with Crippen molar-refractivity contribution in [1.82, 2.24) is 9.88 Å². The molecule has 4 rings (SSSR count). The van der Waals surface area contributed by atoms with Gasteiger partial charge in [-0.2, -0.15) is 0 Å². The fourth-order valence-corrected chi connectivity index (χ4v) is 4.07. The molecule has 1 saturated heterocycles. The predicted molar refractivity (Wildman–Crippen MR) is 122 cm³/mol. The van der Waals surface area contributed by atoms with Crippen LogP contribution in [-0.2, 0) is 6.54 Å². The molecule has 2 heterocycles. The summed E-state index contributed by atoms with van der Waals surface area (Å²) < 4.78 is 11.5. The predicted octanol–water partition coefficient (Wildman–Crippen LogP) is 4.81. The number of nitrogens with zero attached hydrogens (tertiary/aromatic N) is 3. The Morgan fingerprint density at radius 3 is 2.43 bits per heavy atom. The number of hydrogen-bond donors (Lipinski definition) is 0. The van der Waals surface area contributed by atoms with Gasteiger partial charge in [-0.05, 0) is 48.9 Å². The van der Waals surface area contributed by atoms with Gasteiger partial charge in [-0.1, -0.05) is 29.8 Å². The molecule has 2 aromatic carbocycles. The molecule has 1 aliphatic rings. The van der Waals surface area contributed by atoms with E-state index in [9.17, 15) is 0 Å². The molecular weight excluding hydrogens is 394 g/mol. The minimum absolute atomic E-state index is 0.742. The Balaban J connectivity index is 1.33. The van der Waals surface area contributed by atoms with Gasteiger partial charge in [0.15, 0.2) is 11.5 Å². The summed E-state index contributed by atoms with van der Waals surface area (Å²) in [6, 6.07) is 20.6. The molecule has 156 valence electrons. The van der Waals surface area contributed by atoms with Gasteiger partial charge in [-0.15, -0.1) is 0 Å².